The van der Waals surface area contributed by atoms with E-state index >= 15 is 0 Å². The molecule has 1 amide bonds. The highest BCUT2D eigenvalue weighted by Gasteiger charge is 2.19. The summed E-state index contributed by atoms with van der Waals surface area (Å²) in [5.74, 6) is 0.937. The lowest BCUT2D eigenvalue weighted by Gasteiger charge is -2.26. The second kappa shape index (κ2) is 8.49. The van der Waals surface area contributed by atoms with E-state index in [9.17, 15) is 4.79 Å². The fraction of sp³-hybridized carbons (Fsp3) is 0.632. The SMILES string of the molecule is COc1ccc(CC(=O)NCCN2CCOCC2)cc1C(C)(C)C. The summed E-state index contributed by atoms with van der Waals surface area (Å²) in [6.07, 6.45) is 0.399. The van der Waals surface area contributed by atoms with Gasteiger partial charge in [0.05, 0.1) is 26.7 Å². The van der Waals surface area contributed by atoms with Crippen LogP contribution in [0, 0.1) is 0 Å². The Kier molecular flexibility index (Phi) is 6.63. The van der Waals surface area contributed by atoms with Crippen LogP contribution >= 0.6 is 0 Å². The van der Waals surface area contributed by atoms with Gasteiger partial charge in [-0.15, -0.1) is 0 Å². The Morgan fingerprint density at radius 2 is 2.00 bits per heavy atom. The summed E-state index contributed by atoms with van der Waals surface area (Å²) >= 11 is 0. The summed E-state index contributed by atoms with van der Waals surface area (Å²) in [7, 11) is 1.68. The second-order valence-corrected chi connectivity index (χ2v) is 7.27. The zero-order valence-corrected chi connectivity index (χ0v) is 15.4. The first-order valence-electron chi connectivity index (χ1n) is 8.64. The molecule has 1 saturated heterocycles. The first kappa shape index (κ1) is 18.7. The van der Waals surface area contributed by atoms with Crippen molar-refractivity contribution in [3.63, 3.8) is 0 Å². The van der Waals surface area contributed by atoms with E-state index in [1.807, 2.05) is 12.1 Å². The lowest BCUT2D eigenvalue weighted by molar-refractivity contribution is -0.120. The Balaban J connectivity index is 1.87. The number of rotatable bonds is 6. The van der Waals surface area contributed by atoms with Crippen LogP contribution in [-0.2, 0) is 21.4 Å². The zero-order valence-electron chi connectivity index (χ0n) is 15.4. The average Bonchev–Trinajstić information content (AvgIpc) is 2.55. The number of amides is 1. The van der Waals surface area contributed by atoms with Crippen molar-refractivity contribution in [1.29, 1.82) is 0 Å². The van der Waals surface area contributed by atoms with Crippen LogP contribution in [0.15, 0.2) is 18.2 Å². The van der Waals surface area contributed by atoms with E-state index in [4.69, 9.17) is 9.47 Å². The first-order chi connectivity index (χ1) is 11.4. The summed E-state index contributed by atoms with van der Waals surface area (Å²) in [4.78, 5) is 14.5. The fourth-order valence-corrected chi connectivity index (χ4v) is 2.88. The Bertz CT molecular complexity index is 546. The quantitative estimate of drug-likeness (QED) is 0.864. The number of hydrogen-bond acceptors (Lipinski definition) is 4. The Morgan fingerprint density at radius 1 is 1.29 bits per heavy atom. The van der Waals surface area contributed by atoms with Crippen LogP contribution in [0.5, 0.6) is 5.75 Å². The molecule has 0 unspecified atom stereocenters. The number of benzene rings is 1. The van der Waals surface area contributed by atoms with Gasteiger partial charge in [-0.05, 0) is 22.6 Å². The van der Waals surface area contributed by atoms with Crippen molar-refractivity contribution in [2.24, 2.45) is 0 Å². The Hall–Kier alpha value is -1.59. The van der Waals surface area contributed by atoms with Crippen molar-refractivity contribution in [2.75, 3.05) is 46.5 Å². The number of nitrogens with zero attached hydrogens (tertiary/aromatic N) is 1. The Labute approximate surface area is 145 Å². The van der Waals surface area contributed by atoms with Crippen molar-refractivity contribution < 1.29 is 14.3 Å². The molecular formula is C19H30N2O3. The highest BCUT2D eigenvalue weighted by molar-refractivity contribution is 5.78. The smallest absolute Gasteiger partial charge is 0.224 e. The van der Waals surface area contributed by atoms with Crippen LogP contribution in [0.25, 0.3) is 0 Å². The van der Waals surface area contributed by atoms with E-state index in [1.165, 1.54) is 0 Å². The van der Waals surface area contributed by atoms with Crippen molar-refractivity contribution in [2.45, 2.75) is 32.6 Å². The van der Waals surface area contributed by atoms with E-state index in [1.54, 1.807) is 7.11 Å². The minimum atomic E-state index is -0.0197. The Morgan fingerprint density at radius 3 is 2.62 bits per heavy atom. The molecule has 5 heteroatoms. The van der Waals surface area contributed by atoms with Gasteiger partial charge in [0.2, 0.25) is 5.91 Å². The molecule has 0 spiro atoms. The molecule has 24 heavy (non-hydrogen) atoms. The molecule has 0 aromatic heterocycles. The molecule has 0 atom stereocenters. The molecule has 1 aliphatic rings. The van der Waals surface area contributed by atoms with Crippen LogP contribution in [0.2, 0.25) is 0 Å². The molecule has 1 aromatic rings. The second-order valence-electron chi connectivity index (χ2n) is 7.27. The maximum atomic E-state index is 12.2. The van der Waals surface area contributed by atoms with Gasteiger partial charge < -0.3 is 14.8 Å². The predicted octanol–water partition coefficient (Wildman–Crippen LogP) is 1.98. The number of morpholine rings is 1. The zero-order chi connectivity index (χ0) is 17.6. The third kappa shape index (κ3) is 5.49. The molecule has 134 valence electrons. The maximum Gasteiger partial charge on any atom is 0.224 e. The van der Waals surface area contributed by atoms with Gasteiger partial charge in [-0.2, -0.15) is 0 Å². The van der Waals surface area contributed by atoms with E-state index in [-0.39, 0.29) is 11.3 Å². The van der Waals surface area contributed by atoms with Gasteiger partial charge in [-0.25, -0.2) is 0 Å². The number of hydrogen-bond donors (Lipinski definition) is 1. The van der Waals surface area contributed by atoms with Gasteiger partial charge in [-0.3, -0.25) is 9.69 Å². The standard InChI is InChI=1S/C19H30N2O3/c1-19(2,3)16-13-15(5-6-17(16)23-4)14-18(22)20-7-8-21-9-11-24-12-10-21/h5-6,13H,7-12,14H2,1-4H3,(H,20,22). The van der Waals surface area contributed by atoms with Crippen molar-refractivity contribution in [1.82, 2.24) is 10.2 Å². The molecule has 5 nitrogen and oxygen atoms in total. The molecule has 0 aliphatic carbocycles. The van der Waals surface area contributed by atoms with Crippen LogP contribution in [0.4, 0.5) is 0 Å². The van der Waals surface area contributed by atoms with Gasteiger partial charge >= 0.3 is 0 Å². The summed E-state index contributed by atoms with van der Waals surface area (Å²) in [5.41, 5.74) is 2.13. The fourth-order valence-electron chi connectivity index (χ4n) is 2.88. The molecule has 0 radical (unpaired) electrons. The highest BCUT2D eigenvalue weighted by atomic mass is 16.5. The predicted molar refractivity (Wildman–Crippen MR) is 95.7 cm³/mol. The van der Waals surface area contributed by atoms with Crippen molar-refractivity contribution in [3.8, 4) is 5.75 Å². The van der Waals surface area contributed by atoms with E-state index in [0.29, 0.717) is 13.0 Å². The van der Waals surface area contributed by atoms with E-state index in [2.05, 4.69) is 37.1 Å². The number of carbonyl (C=O) groups is 1. The minimum Gasteiger partial charge on any atom is -0.496 e. The monoisotopic (exact) mass is 334 g/mol. The van der Waals surface area contributed by atoms with Gasteiger partial charge in [-0.1, -0.05) is 32.9 Å². The van der Waals surface area contributed by atoms with Gasteiger partial charge in [0.1, 0.15) is 5.75 Å². The van der Waals surface area contributed by atoms with Gasteiger partial charge in [0, 0.05) is 26.2 Å². The summed E-state index contributed by atoms with van der Waals surface area (Å²) in [6.45, 7) is 11.5. The van der Waals surface area contributed by atoms with Crippen molar-refractivity contribution in [3.05, 3.63) is 29.3 Å². The van der Waals surface area contributed by atoms with Crippen LogP contribution in [0.3, 0.4) is 0 Å². The molecule has 0 bridgehead atoms. The summed E-state index contributed by atoms with van der Waals surface area (Å²) in [5, 5.41) is 3.01. The summed E-state index contributed by atoms with van der Waals surface area (Å²) in [6, 6.07) is 6.01. The molecule has 2 rings (SSSR count). The maximum absolute atomic E-state index is 12.2. The van der Waals surface area contributed by atoms with Gasteiger partial charge in [0.25, 0.3) is 0 Å². The highest BCUT2D eigenvalue weighted by Crippen LogP contribution is 2.32. The molecule has 1 fully saturated rings. The molecule has 1 N–H and O–H groups in total. The van der Waals surface area contributed by atoms with Gasteiger partial charge in [0.15, 0.2) is 0 Å². The average molecular weight is 334 g/mol. The topological polar surface area (TPSA) is 50.8 Å². The number of ether oxygens (including phenoxy) is 2. The third-order valence-corrected chi connectivity index (χ3v) is 4.29. The van der Waals surface area contributed by atoms with E-state index in [0.717, 1.165) is 49.7 Å². The van der Waals surface area contributed by atoms with Crippen LogP contribution in [-0.4, -0.2) is 57.3 Å². The molecule has 1 aliphatic heterocycles. The molecule has 0 saturated carbocycles. The minimum absolute atomic E-state index is 0.0197. The van der Waals surface area contributed by atoms with Crippen LogP contribution < -0.4 is 10.1 Å². The van der Waals surface area contributed by atoms with Crippen LogP contribution in [0.1, 0.15) is 31.9 Å². The molecule has 1 heterocycles. The lowest BCUT2D eigenvalue weighted by Crippen LogP contribution is -2.41. The van der Waals surface area contributed by atoms with Crippen molar-refractivity contribution >= 4 is 5.91 Å². The molecular weight excluding hydrogens is 304 g/mol. The largest absolute Gasteiger partial charge is 0.496 e. The third-order valence-electron chi connectivity index (χ3n) is 4.29. The molecule has 1 aromatic carbocycles. The first-order valence-corrected chi connectivity index (χ1v) is 8.64. The number of methoxy groups -OCH3 is 1. The summed E-state index contributed by atoms with van der Waals surface area (Å²) < 4.78 is 10.8. The lowest BCUT2D eigenvalue weighted by atomic mass is 9.85. The van der Waals surface area contributed by atoms with E-state index < -0.39 is 0 Å². The number of carbonyl (C=O) groups excluding carboxylic acids is 1. The number of nitrogens with one attached hydrogen (secondary N) is 1. The normalized spacial score (nSPS) is 16.0.